The molecule has 0 bridgehead atoms. The minimum Gasteiger partial charge on any atom is -0.220 e. The number of nitrogens with zero attached hydrogens (tertiary/aromatic N) is 2. The summed E-state index contributed by atoms with van der Waals surface area (Å²) in [7, 11) is -4.20. The first kappa shape index (κ1) is 21.2. The first-order chi connectivity index (χ1) is 14.7. The van der Waals surface area contributed by atoms with Gasteiger partial charge in [-0.15, -0.1) is 11.3 Å². The van der Waals surface area contributed by atoms with Crippen molar-refractivity contribution in [3.8, 4) is 21.7 Å². The van der Waals surface area contributed by atoms with Crippen molar-refractivity contribution in [1.82, 2.24) is 9.97 Å². The van der Waals surface area contributed by atoms with Crippen LogP contribution in [0.1, 0.15) is 11.3 Å². The van der Waals surface area contributed by atoms with Crippen LogP contribution in [0.3, 0.4) is 0 Å². The topological polar surface area (TPSA) is 59.9 Å². The lowest BCUT2D eigenvalue weighted by Crippen LogP contribution is -2.16. The van der Waals surface area contributed by atoms with E-state index in [1.54, 1.807) is 41.8 Å². The summed E-state index contributed by atoms with van der Waals surface area (Å²) in [5, 5.41) is 0.838. The fourth-order valence-electron chi connectivity index (χ4n) is 2.97. The largest absolute Gasteiger partial charge is 0.433 e. The van der Waals surface area contributed by atoms with E-state index < -0.39 is 32.6 Å². The predicted molar refractivity (Wildman–Crippen MR) is 113 cm³/mol. The van der Waals surface area contributed by atoms with Crippen molar-refractivity contribution in [2.75, 3.05) is 0 Å². The van der Waals surface area contributed by atoms with E-state index in [0.29, 0.717) is 10.4 Å². The molecule has 2 aromatic carbocycles. The van der Waals surface area contributed by atoms with Crippen LogP contribution in [-0.2, 0) is 21.8 Å². The van der Waals surface area contributed by atoms with Crippen LogP contribution in [0, 0.1) is 0 Å². The van der Waals surface area contributed by atoms with Gasteiger partial charge >= 0.3 is 6.18 Å². The molecule has 0 aliphatic carbocycles. The Kier molecular flexibility index (Phi) is 5.63. The van der Waals surface area contributed by atoms with Crippen LogP contribution in [0.15, 0.2) is 83.3 Å². The van der Waals surface area contributed by atoms with Gasteiger partial charge in [-0.3, -0.25) is 0 Å². The molecule has 0 saturated heterocycles. The standard InChI is InChI=1S/C22H15F3N2O2S2/c23-22(24,25)20-13-18(19-7-4-12-30-19)26-21(27-20)31(28,29)14-15-8-10-17(11-9-15)16-5-2-1-3-6-16/h1-13H,14H2. The smallest absolute Gasteiger partial charge is 0.220 e. The number of aromatic nitrogens is 2. The molecular formula is C22H15F3N2O2S2. The highest BCUT2D eigenvalue weighted by molar-refractivity contribution is 7.90. The molecule has 158 valence electrons. The third-order valence-electron chi connectivity index (χ3n) is 4.47. The second kappa shape index (κ2) is 8.24. The monoisotopic (exact) mass is 460 g/mol. The fourth-order valence-corrected chi connectivity index (χ4v) is 4.89. The molecule has 0 radical (unpaired) electrons. The van der Waals surface area contributed by atoms with Crippen LogP contribution in [0.5, 0.6) is 0 Å². The van der Waals surface area contributed by atoms with Crippen molar-refractivity contribution in [1.29, 1.82) is 0 Å². The van der Waals surface area contributed by atoms with Gasteiger partial charge in [0.2, 0.25) is 15.0 Å². The highest BCUT2D eigenvalue weighted by atomic mass is 32.2. The minimum atomic E-state index is -4.80. The summed E-state index contributed by atoms with van der Waals surface area (Å²) >= 11 is 1.17. The normalized spacial score (nSPS) is 12.1. The zero-order chi connectivity index (χ0) is 22.1. The maximum absolute atomic E-state index is 13.3. The molecular weight excluding hydrogens is 445 g/mol. The van der Waals surface area contributed by atoms with Crippen LogP contribution in [-0.4, -0.2) is 18.4 Å². The minimum absolute atomic E-state index is 0.0738. The molecule has 2 aromatic heterocycles. The summed E-state index contributed by atoms with van der Waals surface area (Å²) in [6.45, 7) is 0. The van der Waals surface area contributed by atoms with Crippen molar-refractivity contribution < 1.29 is 21.6 Å². The third kappa shape index (κ3) is 4.83. The first-order valence-electron chi connectivity index (χ1n) is 9.10. The van der Waals surface area contributed by atoms with Crippen LogP contribution >= 0.6 is 11.3 Å². The Morgan fingerprint density at radius 2 is 1.52 bits per heavy atom. The summed E-state index contributed by atoms with van der Waals surface area (Å²) in [5.41, 5.74) is 0.938. The predicted octanol–water partition coefficient (Wildman–Crippen LogP) is 5.86. The molecule has 4 rings (SSSR count). The Labute approximate surface area is 181 Å². The van der Waals surface area contributed by atoms with E-state index >= 15 is 0 Å². The van der Waals surface area contributed by atoms with Gasteiger partial charge in [-0.25, -0.2) is 18.4 Å². The summed E-state index contributed by atoms with van der Waals surface area (Å²) in [4.78, 5) is 7.69. The Morgan fingerprint density at radius 1 is 0.839 bits per heavy atom. The molecule has 0 N–H and O–H groups in total. The van der Waals surface area contributed by atoms with Gasteiger partial charge in [-0.2, -0.15) is 13.2 Å². The summed E-state index contributed by atoms with van der Waals surface area (Å²) in [6, 6.07) is 20.3. The molecule has 4 nitrogen and oxygen atoms in total. The number of benzene rings is 2. The lowest BCUT2D eigenvalue weighted by molar-refractivity contribution is -0.141. The van der Waals surface area contributed by atoms with Crippen LogP contribution in [0.4, 0.5) is 13.2 Å². The van der Waals surface area contributed by atoms with Gasteiger partial charge in [0.05, 0.1) is 16.3 Å². The van der Waals surface area contributed by atoms with E-state index in [2.05, 4.69) is 9.97 Å². The van der Waals surface area contributed by atoms with Gasteiger partial charge in [-0.1, -0.05) is 60.7 Å². The quantitative estimate of drug-likeness (QED) is 0.350. The van der Waals surface area contributed by atoms with Crippen LogP contribution in [0.2, 0.25) is 0 Å². The lowest BCUT2D eigenvalue weighted by atomic mass is 10.0. The molecule has 0 aliphatic heterocycles. The second-order valence-corrected chi connectivity index (χ2v) is 9.55. The average Bonchev–Trinajstić information content (AvgIpc) is 3.29. The molecule has 0 amide bonds. The van der Waals surface area contributed by atoms with Crippen molar-refractivity contribution >= 4 is 21.2 Å². The number of rotatable bonds is 5. The first-order valence-corrected chi connectivity index (χ1v) is 11.6. The molecule has 0 fully saturated rings. The molecule has 2 heterocycles. The number of sulfone groups is 1. The van der Waals surface area contributed by atoms with E-state index in [1.807, 2.05) is 30.3 Å². The Balaban J connectivity index is 1.67. The number of hydrogen-bond donors (Lipinski definition) is 0. The van der Waals surface area contributed by atoms with Gasteiger partial charge in [0.1, 0.15) is 5.69 Å². The zero-order valence-electron chi connectivity index (χ0n) is 15.9. The molecule has 0 aliphatic rings. The van der Waals surface area contributed by atoms with Crippen LogP contribution in [0.25, 0.3) is 21.7 Å². The maximum atomic E-state index is 13.3. The van der Waals surface area contributed by atoms with Crippen molar-refractivity contribution in [3.63, 3.8) is 0 Å². The lowest BCUT2D eigenvalue weighted by Gasteiger charge is -2.11. The van der Waals surface area contributed by atoms with E-state index in [4.69, 9.17) is 0 Å². The van der Waals surface area contributed by atoms with E-state index in [9.17, 15) is 21.6 Å². The van der Waals surface area contributed by atoms with Crippen molar-refractivity contribution in [3.05, 3.63) is 89.4 Å². The summed E-state index contributed by atoms with van der Waals surface area (Å²) in [6.07, 6.45) is -4.80. The summed E-state index contributed by atoms with van der Waals surface area (Å²) < 4.78 is 65.7. The van der Waals surface area contributed by atoms with Gasteiger partial charge < -0.3 is 0 Å². The number of halogens is 3. The maximum Gasteiger partial charge on any atom is 0.433 e. The second-order valence-electron chi connectivity index (χ2n) is 6.72. The van der Waals surface area contributed by atoms with Gasteiger partial charge in [-0.05, 0) is 34.2 Å². The highest BCUT2D eigenvalue weighted by Crippen LogP contribution is 2.33. The molecule has 0 spiro atoms. The zero-order valence-corrected chi connectivity index (χ0v) is 17.5. The average molecular weight is 461 g/mol. The van der Waals surface area contributed by atoms with Gasteiger partial charge in [0, 0.05) is 0 Å². The van der Waals surface area contributed by atoms with E-state index in [-0.39, 0.29) is 5.69 Å². The Morgan fingerprint density at radius 3 is 2.13 bits per heavy atom. The van der Waals surface area contributed by atoms with Crippen molar-refractivity contribution in [2.45, 2.75) is 17.1 Å². The molecule has 0 unspecified atom stereocenters. The summed E-state index contributed by atoms with van der Waals surface area (Å²) in [5.74, 6) is -0.507. The van der Waals surface area contributed by atoms with Gasteiger partial charge in [0.15, 0.2) is 0 Å². The number of alkyl halides is 3. The molecule has 4 aromatic rings. The molecule has 0 atom stereocenters. The van der Waals surface area contributed by atoms with Crippen LogP contribution < -0.4 is 0 Å². The number of hydrogen-bond acceptors (Lipinski definition) is 5. The Bertz CT molecular complexity index is 1290. The van der Waals surface area contributed by atoms with E-state index in [1.165, 1.54) is 11.3 Å². The highest BCUT2D eigenvalue weighted by Gasteiger charge is 2.35. The van der Waals surface area contributed by atoms with E-state index in [0.717, 1.165) is 17.2 Å². The SMILES string of the molecule is O=S(=O)(Cc1ccc(-c2ccccc2)cc1)c1nc(-c2cccs2)cc(C(F)(F)F)n1. The van der Waals surface area contributed by atoms with Crippen molar-refractivity contribution in [2.24, 2.45) is 0 Å². The Hall–Kier alpha value is -3.04. The fraction of sp³-hybridized carbons (Fsp3) is 0.0909. The molecule has 9 heteroatoms. The van der Waals surface area contributed by atoms with Gasteiger partial charge in [0.25, 0.3) is 0 Å². The number of thiophene rings is 1. The molecule has 31 heavy (non-hydrogen) atoms. The third-order valence-corrected chi connectivity index (χ3v) is 6.81. The molecule has 0 saturated carbocycles.